The van der Waals surface area contributed by atoms with Crippen LogP contribution in [0.25, 0.3) is 0 Å². The van der Waals surface area contributed by atoms with Crippen LogP contribution in [0.1, 0.15) is 71.3 Å². The van der Waals surface area contributed by atoms with Gasteiger partial charge in [-0.1, -0.05) is 57.5 Å². The number of ketones is 2. The lowest BCUT2D eigenvalue weighted by Crippen LogP contribution is -2.45. The molecule has 0 amide bonds. The van der Waals surface area contributed by atoms with E-state index in [-0.39, 0.29) is 69.6 Å². The number of halogens is 1. The number of rotatable bonds is 8. The summed E-state index contributed by atoms with van der Waals surface area (Å²) in [5, 5.41) is 9.50. The molecule has 1 heterocycles. The monoisotopic (exact) mass is 641 g/mol. The highest BCUT2D eigenvalue weighted by Crippen LogP contribution is 2.55. The van der Waals surface area contributed by atoms with Crippen LogP contribution in [-0.4, -0.2) is 49.6 Å². The SMILES string of the molecule is COc1cc(C2C3=C(CC(C)(C)CC3=O)N(CCC(=O)O)C3=C2C(=O)CC(C)(C)C3)cc(Cl)c1OS(=O)(=O)c1ccccc1. The van der Waals surface area contributed by atoms with Gasteiger partial charge in [-0.15, -0.1) is 0 Å². The quantitative estimate of drug-likeness (QED) is 0.331. The number of methoxy groups -OCH3 is 1. The molecule has 0 fully saturated rings. The van der Waals surface area contributed by atoms with Crippen LogP contribution in [0.4, 0.5) is 0 Å². The molecule has 0 saturated carbocycles. The molecule has 2 aromatic rings. The van der Waals surface area contributed by atoms with Gasteiger partial charge in [0.2, 0.25) is 5.75 Å². The first-order chi connectivity index (χ1) is 20.5. The van der Waals surface area contributed by atoms with Crippen LogP contribution < -0.4 is 8.92 Å². The fourth-order valence-electron chi connectivity index (χ4n) is 6.59. The van der Waals surface area contributed by atoms with E-state index < -0.39 is 22.0 Å². The van der Waals surface area contributed by atoms with Gasteiger partial charge in [0.25, 0.3) is 0 Å². The Morgan fingerprint density at radius 1 is 0.955 bits per heavy atom. The number of hydrogen-bond acceptors (Lipinski definition) is 8. The molecule has 0 aromatic heterocycles. The zero-order valence-electron chi connectivity index (χ0n) is 25.4. The summed E-state index contributed by atoms with van der Waals surface area (Å²) in [7, 11) is -2.90. The smallest absolute Gasteiger partial charge is 0.339 e. The number of carboxylic acids is 1. The molecule has 0 atom stereocenters. The van der Waals surface area contributed by atoms with E-state index in [9.17, 15) is 27.9 Å². The molecule has 5 rings (SSSR count). The molecule has 9 nitrogen and oxygen atoms in total. The largest absolute Gasteiger partial charge is 0.493 e. The van der Waals surface area contributed by atoms with E-state index in [1.165, 1.54) is 25.3 Å². The maximum Gasteiger partial charge on any atom is 0.339 e. The predicted octanol–water partition coefficient (Wildman–Crippen LogP) is 6.28. The van der Waals surface area contributed by atoms with Crippen molar-refractivity contribution in [3.8, 4) is 11.5 Å². The van der Waals surface area contributed by atoms with Crippen molar-refractivity contribution < 1.29 is 36.8 Å². The van der Waals surface area contributed by atoms with Gasteiger partial charge in [0, 0.05) is 47.8 Å². The van der Waals surface area contributed by atoms with Crippen molar-refractivity contribution in [3.05, 3.63) is 75.6 Å². The van der Waals surface area contributed by atoms with Crippen molar-refractivity contribution in [2.24, 2.45) is 10.8 Å². The maximum absolute atomic E-state index is 14.0. The van der Waals surface area contributed by atoms with Crippen molar-refractivity contribution in [2.75, 3.05) is 13.7 Å². The first-order valence-electron chi connectivity index (χ1n) is 14.4. The van der Waals surface area contributed by atoms with Gasteiger partial charge in [0.1, 0.15) is 4.90 Å². The summed E-state index contributed by atoms with van der Waals surface area (Å²) in [5.74, 6) is -2.22. The summed E-state index contributed by atoms with van der Waals surface area (Å²) in [5.41, 5.74) is 2.01. The van der Waals surface area contributed by atoms with Crippen molar-refractivity contribution in [1.82, 2.24) is 4.90 Å². The number of Topliss-reactive ketones (excluding diaryl/α,β-unsaturated/α-hetero) is 2. The normalized spacial score (nSPS) is 19.9. The molecule has 234 valence electrons. The van der Waals surface area contributed by atoms with Crippen LogP contribution in [0.2, 0.25) is 5.02 Å². The van der Waals surface area contributed by atoms with Gasteiger partial charge in [-0.05, 0) is 53.5 Å². The Hall–Kier alpha value is -3.63. The Kier molecular flexibility index (Phi) is 8.22. The fraction of sp³-hybridized carbons (Fsp3) is 0.424. The van der Waals surface area contributed by atoms with E-state index in [4.69, 9.17) is 20.5 Å². The molecule has 1 aliphatic heterocycles. The molecule has 1 N–H and O–H groups in total. The van der Waals surface area contributed by atoms with Crippen molar-refractivity contribution in [2.45, 2.75) is 70.6 Å². The molecule has 0 spiro atoms. The standard InChI is InChI=1S/C33H36ClNO8S/c1-32(2)15-22-29(24(36)17-32)28(30-23(35(22)12-11-27(38)39)16-33(3,4)18-25(30)37)19-13-21(34)31(26(14-19)42-5)43-44(40,41)20-9-7-6-8-10-20/h6-10,13-14,28H,11-12,15-18H2,1-5H3,(H,38,39). The summed E-state index contributed by atoms with van der Waals surface area (Å²) in [6.45, 7) is 8.12. The van der Waals surface area contributed by atoms with Gasteiger partial charge < -0.3 is 18.9 Å². The fourth-order valence-corrected chi connectivity index (χ4v) is 7.87. The van der Waals surface area contributed by atoms with E-state index in [1.54, 1.807) is 24.3 Å². The summed E-state index contributed by atoms with van der Waals surface area (Å²) in [6, 6.07) is 10.7. The van der Waals surface area contributed by atoms with Gasteiger partial charge in [-0.25, -0.2) is 0 Å². The minimum Gasteiger partial charge on any atom is -0.493 e. The van der Waals surface area contributed by atoms with E-state index >= 15 is 0 Å². The Morgan fingerprint density at radius 2 is 1.50 bits per heavy atom. The lowest BCUT2D eigenvalue weighted by molar-refractivity contribution is -0.137. The second kappa shape index (κ2) is 11.4. The molecule has 44 heavy (non-hydrogen) atoms. The van der Waals surface area contributed by atoms with Crippen LogP contribution >= 0.6 is 11.6 Å². The van der Waals surface area contributed by atoms with Crippen LogP contribution in [0.3, 0.4) is 0 Å². The summed E-state index contributed by atoms with van der Waals surface area (Å²) in [4.78, 5) is 41.5. The molecule has 0 bridgehead atoms. The number of carbonyl (C=O) groups is 3. The highest BCUT2D eigenvalue weighted by atomic mass is 35.5. The summed E-state index contributed by atoms with van der Waals surface area (Å²) < 4.78 is 37.1. The molecule has 3 aliphatic rings. The number of hydrogen-bond donors (Lipinski definition) is 1. The van der Waals surface area contributed by atoms with Crippen LogP contribution in [0, 0.1) is 10.8 Å². The molecular formula is C33H36ClNO8S. The number of carbonyl (C=O) groups excluding carboxylic acids is 2. The average Bonchev–Trinajstić information content (AvgIpc) is 2.91. The zero-order valence-corrected chi connectivity index (χ0v) is 27.0. The van der Waals surface area contributed by atoms with Crippen molar-refractivity contribution in [1.29, 1.82) is 0 Å². The van der Waals surface area contributed by atoms with Gasteiger partial charge >= 0.3 is 16.1 Å². The minimum absolute atomic E-state index is 0.0248. The number of benzene rings is 2. The molecule has 2 aliphatic carbocycles. The highest BCUT2D eigenvalue weighted by Gasteiger charge is 2.49. The molecule has 0 radical (unpaired) electrons. The Labute approximate surface area is 262 Å². The van der Waals surface area contributed by atoms with Crippen LogP contribution in [-0.2, 0) is 24.5 Å². The molecule has 0 saturated heterocycles. The van der Waals surface area contributed by atoms with E-state index in [0.717, 1.165) is 0 Å². The topological polar surface area (TPSA) is 127 Å². The Balaban J connectivity index is 1.71. The lowest BCUT2D eigenvalue weighted by atomic mass is 9.63. The second-order valence-electron chi connectivity index (χ2n) is 13.2. The van der Waals surface area contributed by atoms with E-state index in [1.807, 2.05) is 32.6 Å². The molecule has 0 unspecified atom stereocenters. The first kappa shape index (κ1) is 31.8. The van der Waals surface area contributed by atoms with Gasteiger partial charge in [-0.2, -0.15) is 8.42 Å². The lowest BCUT2D eigenvalue weighted by Gasteiger charge is -2.49. The second-order valence-corrected chi connectivity index (χ2v) is 15.2. The van der Waals surface area contributed by atoms with E-state index in [2.05, 4.69) is 0 Å². The minimum atomic E-state index is -4.25. The van der Waals surface area contributed by atoms with Gasteiger partial charge in [0.15, 0.2) is 17.3 Å². The third-order valence-electron chi connectivity index (χ3n) is 8.38. The number of aliphatic carboxylic acids is 1. The first-order valence-corrected chi connectivity index (χ1v) is 16.2. The number of nitrogens with zero attached hydrogens (tertiary/aromatic N) is 1. The molecule has 11 heteroatoms. The predicted molar refractivity (Wildman–Crippen MR) is 164 cm³/mol. The summed E-state index contributed by atoms with van der Waals surface area (Å²) in [6.07, 6.45) is 1.36. The third-order valence-corrected chi connectivity index (χ3v) is 9.90. The number of allylic oxidation sites excluding steroid dienone is 4. The maximum atomic E-state index is 14.0. The van der Waals surface area contributed by atoms with Gasteiger partial charge in [0.05, 0.1) is 18.6 Å². The number of ether oxygens (including phenoxy) is 1. The molecule has 2 aromatic carbocycles. The average molecular weight is 642 g/mol. The van der Waals surface area contributed by atoms with Gasteiger partial charge in [-0.3, -0.25) is 14.4 Å². The Bertz CT molecular complexity index is 1670. The Morgan fingerprint density at radius 3 is 2.00 bits per heavy atom. The van der Waals surface area contributed by atoms with E-state index in [0.29, 0.717) is 40.9 Å². The third kappa shape index (κ3) is 6.02. The zero-order chi connectivity index (χ0) is 32.2. The van der Waals surface area contributed by atoms with Crippen LogP contribution in [0.5, 0.6) is 11.5 Å². The number of carboxylic acid groups (broad SMARTS) is 1. The van der Waals surface area contributed by atoms with Crippen LogP contribution in [0.15, 0.2) is 69.9 Å². The van der Waals surface area contributed by atoms with Crippen molar-refractivity contribution >= 4 is 39.3 Å². The summed E-state index contributed by atoms with van der Waals surface area (Å²) >= 11 is 6.71. The van der Waals surface area contributed by atoms with Crippen molar-refractivity contribution in [3.63, 3.8) is 0 Å². The molecular weight excluding hydrogens is 606 g/mol. The highest BCUT2D eigenvalue weighted by molar-refractivity contribution is 7.87.